The molecule has 0 amide bonds. The maximum atomic E-state index is 13.4. The van der Waals surface area contributed by atoms with Crippen molar-refractivity contribution in [1.29, 1.82) is 0 Å². The summed E-state index contributed by atoms with van der Waals surface area (Å²) in [5.74, 6) is -1.20. The molecule has 0 saturated carbocycles. The van der Waals surface area contributed by atoms with Gasteiger partial charge in [-0.15, -0.1) is 0 Å². The Bertz CT molecular complexity index is 358. The second-order valence-corrected chi connectivity index (χ2v) is 3.74. The van der Waals surface area contributed by atoms with Crippen molar-refractivity contribution in [2.24, 2.45) is 0 Å². The second-order valence-electron chi connectivity index (χ2n) is 3.74. The van der Waals surface area contributed by atoms with Crippen LogP contribution >= 0.6 is 0 Å². The van der Waals surface area contributed by atoms with Crippen molar-refractivity contribution in [3.63, 3.8) is 0 Å². The average molecular weight is 247 g/mol. The van der Waals surface area contributed by atoms with Crippen LogP contribution in [-0.4, -0.2) is 13.2 Å². The molecule has 0 aromatic heterocycles. The van der Waals surface area contributed by atoms with Gasteiger partial charge in [-0.25, -0.2) is 4.39 Å². The first-order valence-electron chi connectivity index (χ1n) is 5.52. The number of rotatable bonds is 6. The van der Waals surface area contributed by atoms with Crippen molar-refractivity contribution in [2.45, 2.75) is 32.9 Å². The maximum Gasteiger partial charge on any atom is 0.387 e. The molecule has 0 saturated heterocycles. The Morgan fingerprint density at radius 2 is 2.06 bits per heavy atom. The summed E-state index contributed by atoms with van der Waals surface area (Å²) < 4.78 is 41.3. The van der Waals surface area contributed by atoms with E-state index in [0.717, 1.165) is 13.0 Å². The van der Waals surface area contributed by atoms with Gasteiger partial charge in [-0.3, -0.25) is 0 Å². The topological polar surface area (TPSA) is 21.3 Å². The first kappa shape index (κ1) is 13.8. The van der Waals surface area contributed by atoms with Gasteiger partial charge in [0.25, 0.3) is 0 Å². The summed E-state index contributed by atoms with van der Waals surface area (Å²) in [6.45, 7) is 1.72. The van der Waals surface area contributed by atoms with Crippen molar-refractivity contribution in [2.75, 3.05) is 6.54 Å². The fraction of sp³-hybridized carbons (Fsp3) is 0.500. The van der Waals surface area contributed by atoms with Gasteiger partial charge in [0, 0.05) is 6.04 Å². The molecular weight excluding hydrogens is 231 g/mol. The first-order valence-corrected chi connectivity index (χ1v) is 5.52. The lowest BCUT2D eigenvalue weighted by Crippen LogP contribution is -2.19. The third-order valence-corrected chi connectivity index (χ3v) is 2.37. The van der Waals surface area contributed by atoms with Gasteiger partial charge < -0.3 is 10.1 Å². The molecule has 2 nitrogen and oxygen atoms in total. The lowest BCUT2D eigenvalue weighted by atomic mass is 10.1. The molecule has 0 fully saturated rings. The molecule has 17 heavy (non-hydrogen) atoms. The van der Waals surface area contributed by atoms with Gasteiger partial charge in [-0.1, -0.05) is 13.0 Å². The molecule has 0 bridgehead atoms. The molecule has 0 aliphatic rings. The minimum Gasteiger partial charge on any atom is -0.432 e. The molecule has 0 aliphatic heterocycles. The Hall–Kier alpha value is -1.23. The van der Waals surface area contributed by atoms with Crippen LogP contribution in [0, 0.1) is 5.82 Å². The fourth-order valence-corrected chi connectivity index (χ4v) is 1.46. The van der Waals surface area contributed by atoms with E-state index in [1.807, 2.05) is 13.8 Å². The van der Waals surface area contributed by atoms with Crippen molar-refractivity contribution in [3.8, 4) is 5.75 Å². The molecule has 1 atom stereocenters. The Kier molecular flexibility index (Phi) is 5.28. The highest BCUT2D eigenvalue weighted by Crippen LogP contribution is 2.23. The van der Waals surface area contributed by atoms with Crippen molar-refractivity contribution in [3.05, 3.63) is 29.6 Å². The molecule has 5 heteroatoms. The van der Waals surface area contributed by atoms with Gasteiger partial charge in [0.1, 0.15) is 0 Å². The summed E-state index contributed by atoms with van der Waals surface area (Å²) in [7, 11) is 0. The third kappa shape index (κ3) is 4.26. The van der Waals surface area contributed by atoms with E-state index in [2.05, 4.69) is 10.1 Å². The molecule has 1 N–H and O–H groups in total. The molecule has 96 valence electrons. The van der Waals surface area contributed by atoms with Crippen LogP contribution < -0.4 is 10.1 Å². The number of halogens is 3. The molecule has 0 spiro atoms. The molecule has 1 aromatic rings. The number of hydrogen-bond acceptors (Lipinski definition) is 2. The molecule has 1 unspecified atom stereocenters. The lowest BCUT2D eigenvalue weighted by molar-refractivity contribution is -0.0522. The van der Waals surface area contributed by atoms with E-state index >= 15 is 0 Å². The Balaban J connectivity index is 2.73. The fourth-order valence-electron chi connectivity index (χ4n) is 1.46. The summed E-state index contributed by atoms with van der Waals surface area (Å²) >= 11 is 0. The van der Waals surface area contributed by atoms with Crippen LogP contribution in [0.15, 0.2) is 18.2 Å². The number of nitrogens with one attached hydrogen (secondary N) is 1. The smallest absolute Gasteiger partial charge is 0.387 e. The highest BCUT2D eigenvalue weighted by Gasteiger charge is 2.12. The van der Waals surface area contributed by atoms with Crippen molar-refractivity contribution >= 4 is 0 Å². The molecule has 0 aliphatic carbocycles. The van der Waals surface area contributed by atoms with E-state index in [4.69, 9.17) is 0 Å². The van der Waals surface area contributed by atoms with Gasteiger partial charge in [-0.2, -0.15) is 8.78 Å². The van der Waals surface area contributed by atoms with Crippen molar-refractivity contribution in [1.82, 2.24) is 5.32 Å². The van der Waals surface area contributed by atoms with Gasteiger partial charge >= 0.3 is 6.61 Å². The Morgan fingerprint density at radius 3 is 2.59 bits per heavy atom. The quantitative estimate of drug-likeness (QED) is 0.830. The van der Waals surface area contributed by atoms with E-state index < -0.39 is 18.2 Å². The molecule has 0 radical (unpaired) electrons. The monoisotopic (exact) mass is 247 g/mol. The maximum absolute atomic E-state index is 13.4. The minimum absolute atomic E-state index is 0.0231. The number of alkyl halides is 2. The zero-order valence-electron chi connectivity index (χ0n) is 9.84. The van der Waals surface area contributed by atoms with E-state index in [1.165, 1.54) is 12.1 Å². The summed E-state index contributed by atoms with van der Waals surface area (Å²) in [4.78, 5) is 0. The predicted octanol–water partition coefficient (Wildman–Crippen LogP) is 3.49. The van der Waals surface area contributed by atoms with Gasteiger partial charge in [0.2, 0.25) is 0 Å². The minimum atomic E-state index is -3.01. The molecular formula is C12H16F3NO. The largest absolute Gasteiger partial charge is 0.432 e. The zero-order chi connectivity index (χ0) is 12.8. The summed E-state index contributed by atoms with van der Waals surface area (Å²) in [6, 6.07) is 3.99. The van der Waals surface area contributed by atoms with Crippen LogP contribution in [0.2, 0.25) is 0 Å². The number of benzene rings is 1. The van der Waals surface area contributed by atoms with Crippen LogP contribution in [0.4, 0.5) is 13.2 Å². The Labute approximate surface area is 98.8 Å². The van der Waals surface area contributed by atoms with Crippen LogP contribution in [0.5, 0.6) is 5.75 Å². The van der Waals surface area contributed by atoms with Gasteiger partial charge in [0.05, 0.1) is 0 Å². The molecule has 0 heterocycles. The normalized spacial score (nSPS) is 12.8. The first-order chi connectivity index (χ1) is 8.04. The van der Waals surface area contributed by atoms with E-state index in [-0.39, 0.29) is 6.04 Å². The van der Waals surface area contributed by atoms with Crippen LogP contribution in [-0.2, 0) is 0 Å². The third-order valence-electron chi connectivity index (χ3n) is 2.37. The molecule has 1 rings (SSSR count). The molecule has 1 aromatic carbocycles. The number of hydrogen-bond donors (Lipinski definition) is 1. The van der Waals surface area contributed by atoms with Crippen LogP contribution in [0.1, 0.15) is 31.9 Å². The predicted molar refractivity (Wildman–Crippen MR) is 59.7 cm³/mol. The SMILES string of the molecule is CCCNC(C)c1ccc(OC(F)F)c(F)c1. The summed E-state index contributed by atoms with van der Waals surface area (Å²) in [6.07, 6.45) is 0.972. The van der Waals surface area contributed by atoms with E-state index in [9.17, 15) is 13.2 Å². The van der Waals surface area contributed by atoms with Crippen LogP contribution in [0.3, 0.4) is 0 Å². The second kappa shape index (κ2) is 6.49. The van der Waals surface area contributed by atoms with Crippen molar-refractivity contribution < 1.29 is 17.9 Å². The van der Waals surface area contributed by atoms with E-state index in [0.29, 0.717) is 5.56 Å². The Morgan fingerprint density at radius 1 is 1.35 bits per heavy atom. The standard InChI is InChI=1S/C12H16F3NO/c1-3-6-16-8(2)9-4-5-11(10(13)7-9)17-12(14)15/h4-5,7-8,12,16H,3,6H2,1-2H3. The summed E-state index contributed by atoms with van der Waals surface area (Å²) in [5, 5.41) is 3.18. The zero-order valence-corrected chi connectivity index (χ0v) is 9.84. The lowest BCUT2D eigenvalue weighted by Gasteiger charge is -2.14. The highest BCUT2D eigenvalue weighted by molar-refractivity contribution is 5.30. The highest BCUT2D eigenvalue weighted by atomic mass is 19.3. The van der Waals surface area contributed by atoms with Crippen LogP contribution in [0.25, 0.3) is 0 Å². The number of ether oxygens (including phenoxy) is 1. The average Bonchev–Trinajstić information content (AvgIpc) is 2.28. The van der Waals surface area contributed by atoms with Gasteiger partial charge in [-0.05, 0) is 37.6 Å². The van der Waals surface area contributed by atoms with E-state index in [1.54, 1.807) is 6.07 Å². The summed E-state index contributed by atoms with van der Waals surface area (Å²) in [5.41, 5.74) is 0.706. The van der Waals surface area contributed by atoms with Gasteiger partial charge in [0.15, 0.2) is 11.6 Å².